The standard InChI is InChI=1S/C49H27N5S3/c1-3-12-28(13-4-1)42-45-43(35-17-8-10-21-39(35)56-45)51-47(50-42)31-22-24-33-34-18-11-19-36(44(34)57-41(33)27-31)49-53-46(29-14-5-2-6-15-29)52-48(54-49)30-23-25-40-37(26-30)32-16-7-9-20-38(32)55-40/h1-27H. The summed E-state index contributed by atoms with van der Waals surface area (Å²) in [5, 5.41) is 5.96. The molecule has 0 amide bonds. The van der Waals surface area contributed by atoms with Crippen molar-refractivity contribution in [2.45, 2.75) is 0 Å². The Morgan fingerprint density at radius 3 is 1.70 bits per heavy atom. The van der Waals surface area contributed by atoms with Gasteiger partial charge in [-0.2, -0.15) is 0 Å². The molecule has 0 fully saturated rings. The van der Waals surface area contributed by atoms with Gasteiger partial charge in [0, 0.05) is 78.2 Å². The molecule has 0 bridgehead atoms. The number of fused-ring (bicyclic) bond motifs is 9. The summed E-state index contributed by atoms with van der Waals surface area (Å²) in [5.41, 5.74) is 6.90. The van der Waals surface area contributed by atoms with Gasteiger partial charge in [0.1, 0.15) is 0 Å². The molecule has 0 aliphatic rings. The first-order valence-electron chi connectivity index (χ1n) is 18.7. The third kappa shape index (κ3) is 5.37. The molecule has 12 rings (SSSR count). The van der Waals surface area contributed by atoms with Crippen LogP contribution in [0.15, 0.2) is 164 Å². The van der Waals surface area contributed by atoms with E-state index in [2.05, 4.69) is 140 Å². The lowest BCUT2D eigenvalue weighted by atomic mass is 10.1. The number of thiophene rings is 3. The number of benzene rings is 7. The van der Waals surface area contributed by atoms with Crippen molar-refractivity contribution in [3.05, 3.63) is 164 Å². The first-order chi connectivity index (χ1) is 28.2. The summed E-state index contributed by atoms with van der Waals surface area (Å²) in [7, 11) is 0. The number of nitrogens with zero attached hydrogens (tertiary/aromatic N) is 5. The summed E-state index contributed by atoms with van der Waals surface area (Å²) >= 11 is 5.32. The van der Waals surface area contributed by atoms with Crippen LogP contribution in [-0.4, -0.2) is 24.9 Å². The van der Waals surface area contributed by atoms with Crippen molar-refractivity contribution >= 4 is 94.7 Å². The quantitative estimate of drug-likeness (QED) is 0.174. The minimum absolute atomic E-state index is 0.647. The predicted octanol–water partition coefficient (Wildman–Crippen LogP) is 14.1. The molecule has 0 unspecified atom stereocenters. The van der Waals surface area contributed by atoms with Crippen LogP contribution in [0.2, 0.25) is 0 Å². The Morgan fingerprint density at radius 2 is 0.877 bits per heavy atom. The molecule has 57 heavy (non-hydrogen) atoms. The second-order valence-corrected chi connectivity index (χ2v) is 17.2. The Balaban J connectivity index is 1.03. The summed E-state index contributed by atoms with van der Waals surface area (Å²) < 4.78 is 7.12. The molecule has 0 saturated heterocycles. The molecule has 7 aromatic carbocycles. The van der Waals surface area contributed by atoms with Gasteiger partial charge in [-0.1, -0.05) is 121 Å². The van der Waals surface area contributed by atoms with E-state index in [1.165, 1.54) is 35.6 Å². The summed E-state index contributed by atoms with van der Waals surface area (Å²) in [4.78, 5) is 25.9. The van der Waals surface area contributed by atoms with Crippen LogP contribution in [0.5, 0.6) is 0 Å². The van der Waals surface area contributed by atoms with Crippen LogP contribution in [0.4, 0.5) is 0 Å². The van der Waals surface area contributed by atoms with E-state index in [0.717, 1.165) is 64.3 Å². The highest BCUT2D eigenvalue weighted by molar-refractivity contribution is 7.27. The average Bonchev–Trinajstić information content (AvgIpc) is 3.97. The maximum atomic E-state index is 5.25. The fraction of sp³-hybridized carbons (Fsp3) is 0. The van der Waals surface area contributed by atoms with Gasteiger partial charge in [-0.15, -0.1) is 34.0 Å². The third-order valence-electron chi connectivity index (χ3n) is 10.6. The third-order valence-corrected chi connectivity index (χ3v) is 14.1. The molecule has 8 heteroatoms. The zero-order valence-corrected chi connectivity index (χ0v) is 32.5. The first-order valence-corrected chi connectivity index (χ1v) is 21.1. The topological polar surface area (TPSA) is 64.5 Å². The van der Waals surface area contributed by atoms with E-state index < -0.39 is 0 Å². The van der Waals surface area contributed by atoms with E-state index >= 15 is 0 Å². The molecular weight excluding hydrogens is 755 g/mol. The minimum Gasteiger partial charge on any atom is -0.226 e. The van der Waals surface area contributed by atoms with Gasteiger partial charge in [0.2, 0.25) is 0 Å². The molecule has 5 aromatic heterocycles. The highest BCUT2D eigenvalue weighted by atomic mass is 32.1. The van der Waals surface area contributed by atoms with Crippen molar-refractivity contribution in [2.24, 2.45) is 0 Å². The van der Waals surface area contributed by atoms with E-state index in [9.17, 15) is 0 Å². The van der Waals surface area contributed by atoms with Crippen molar-refractivity contribution in [2.75, 3.05) is 0 Å². The zero-order chi connectivity index (χ0) is 37.5. The Hall–Kier alpha value is -6.71. The average molecular weight is 782 g/mol. The largest absolute Gasteiger partial charge is 0.226 e. The molecule has 0 saturated carbocycles. The monoisotopic (exact) mass is 781 g/mol. The molecule has 0 atom stereocenters. The summed E-state index contributed by atoms with van der Waals surface area (Å²) in [6, 6.07) is 57.3. The van der Waals surface area contributed by atoms with Crippen LogP contribution in [0.3, 0.4) is 0 Å². The molecule has 12 aromatic rings. The molecule has 266 valence electrons. The van der Waals surface area contributed by atoms with Crippen molar-refractivity contribution in [3.63, 3.8) is 0 Å². The van der Waals surface area contributed by atoms with E-state index in [1.807, 2.05) is 35.6 Å². The second kappa shape index (κ2) is 12.9. The summed E-state index contributed by atoms with van der Waals surface area (Å²) in [6.45, 7) is 0. The summed E-state index contributed by atoms with van der Waals surface area (Å²) in [5.74, 6) is 2.67. The number of hydrogen-bond donors (Lipinski definition) is 0. The normalized spacial score (nSPS) is 11.9. The highest BCUT2D eigenvalue weighted by Crippen LogP contribution is 2.43. The minimum atomic E-state index is 0.647. The maximum Gasteiger partial charge on any atom is 0.165 e. The molecule has 0 aliphatic carbocycles. The Kier molecular flexibility index (Phi) is 7.38. The smallest absolute Gasteiger partial charge is 0.165 e. The Morgan fingerprint density at radius 1 is 0.298 bits per heavy atom. The van der Waals surface area contributed by atoms with Crippen molar-refractivity contribution < 1.29 is 0 Å². The van der Waals surface area contributed by atoms with Crippen molar-refractivity contribution in [1.29, 1.82) is 0 Å². The van der Waals surface area contributed by atoms with Crippen LogP contribution in [-0.2, 0) is 0 Å². The molecule has 5 heterocycles. The molecule has 0 aliphatic heterocycles. The van der Waals surface area contributed by atoms with Crippen molar-refractivity contribution in [3.8, 4) is 56.8 Å². The zero-order valence-electron chi connectivity index (χ0n) is 30.0. The van der Waals surface area contributed by atoms with Gasteiger partial charge in [-0.3, -0.25) is 0 Å². The summed E-state index contributed by atoms with van der Waals surface area (Å²) in [6.07, 6.45) is 0. The van der Waals surface area contributed by atoms with E-state index in [0.29, 0.717) is 17.5 Å². The number of aromatic nitrogens is 5. The van der Waals surface area contributed by atoms with E-state index in [1.54, 1.807) is 22.7 Å². The van der Waals surface area contributed by atoms with Crippen LogP contribution in [0.1, 0.15) is 0 Å². The van der Waals surface area contributed by atoms with Crippen LogP contribution >= 0.6 is 34.0 Å². The van der Waals surface area contributed by atoms with E-state index in [4.69, 9.17) is 24.9 Å². The lowest BCUT2D eigenvalue weighted by Gasteiger charge is -2.09. The maximum absolute atomic E-state index is 5.25. The van der Waals surface area contributed by atoms with Crippen LogP contribution in [0, 0.1) is 0 Å². The molecule has 0 radical (unpaired) electrons. The molecular formula is C49H27N5S3. The predicted molar refractivity (Wildman–Crippen MR) is 241 cm³/mol. The molecule has 0 spiro atoms. The SMILES string of the molecule is c1ccc(-c2nc(-c3ccc4sc5ccccc5c4c3)nc(-c3cccc4c3sc3cc(-c5nc(-c6ccccc6)c6sc7ccccc7c6n5)ccc34)n2)cc1. The van der Waals surface area contributed by atoms with Gasteiger partial charge < -0.3 is 0 Å². The lowest BCUT2D eigenvalue weighted by Crippen LogP contribution is -2.00. The van der Waals surface area contributed by atoms with Gasteiger partial charge in [0.25, 0.3) is 0 Å². The van der Waals surface area contributed by atoms with E-state index in [-0.39, 0.29) is 0 Å². The first kappa shape index (κ1) is 32.5. The van der Waals surface area contributed by atoms with Gasteiger partial charge in [-0.25, -0.2) is 24.9 Å². The van der Waals surface area contributed by atoms with Gasteiger partial charge >= 0.3 is 0 Å². The van der Waals surface area contributed by atoms with Crippen molar-refractivity contribution in [1.82, 2.24) is 24.9 Å². The van der Waals surface area contributed by atoms with Gasteiger partial charge in [0.15, 0.2) is 23.3 Å². The second-order valence-electron chi connectivity index (χ2n) is 14.0. The fourth-order valence-electron chi connectivity index (χ4n) is 7.83. The highest BCUT2D eigenvalue weighted by Gasteiger charge is 2.20. The molecule has 0 N–H and O–H groups in total. The van der Waals surface area contributed by atoms with Crippen LogP contribution < -0.4 is 0 Å². The molecule has 5 nitrogen and oxygen atoms in total. The fourth-order valence-corrected chi connectivity index (χ4v) is 11.3. The van der Waals surface area contributed by atoms with Gasteiger partial charge in [-0.05, 0) is 42.5 Å². The number of rotatable bonds is 5. The van der Waals surface area contributed by atoms with Gasteiger partial charge in [0.05, 0.1) is 15.9 Å². The number of hydrogen-bond acceptors (Lipinski definition) is 8. The Bertz CT molecular complexity index is 3530. The Labute approximate surface area is 338 Å². The lowest BCUT2D eigenvalue weighted by molar-refractivity contribution is 1.08. The van der Waals surface area contributed by atoms with Crippen LogP contribution in [0.25, 0.3) is 117 Å².